The molecule has 0 saturated heterocycles. The topological polar surface area (TPSA) is 78.8 Å². The largest absolute Gasteiger partial charge is 0.707 e. The van der Waals surface area contributed by atoms with Crippen LogP contribution in [-0.2, 0) is 0 Å². The van der Waals surface area contributed by atoms with Gasteiger partial charge in [-0.05, 0) is 43.5 Å². The number of carbonyl (C=O) groups excluding carboxylic acids is 1. The minimum Gasteiger partial charge on any atom is -0.512 e. The van der Waals surface area contributed by atoms with Gasteiger partial charge in [0.05, 0.1) is 0 Å². The van der Waals surface area contributed by atoms with E-state index >= 15 is 0 Å². The molecule has 90 valence electrons. The maximum absolute atomic E-state index is 11.8. The van der Waals surface area contributed by atoms with Gasteiger partial charge in [0.2, 0.25) is 0 Å². The van der Waals surface area contributed by atoms with Crippen molar-refractivity contribution in [1.82, 2.24) is 5.32 Å². The lowest BCUT2D eigenvalue weighted by molar-refractivity contribution is 0.0950. The van der Waals surface area contributed by atoms with Gasteiger partial charge >= 0.3 is 7.32 Å². The Bertz CT molecular complexity index is 431. The summed E-state index contributed by atoms with van der Waals surface area (Å²) in [4.78, 5) is 11.8. The maximum atomic E-state index is 11.8. The van der Waals surface area contributed by atoms with Crippen LogP contribution < -0.4 is 9.97 Å². The first kappa shape index (κ1) is 11.9. The quantitative estimate of drug-likeness (QED) is 0.653. The highest BCUT2D eigenvalue weighted by Gasteiger charge is 2.24. The third-order valence-corrected chi connectivity index (χ3v) is 2.60. The molecule has 0 radical (unpaired) electrons. The molecule has 17 heavy (non-hydrogen) atoms. The van der Waals surface area contributed by atoms with Crippen LogP contribution in [-0.4, -0.2) is 29.3 Å². The highest BCUT2D eigenvalue weighted by molar-refractivity contribution is 6.33. The van der Waals surface area contributed by atoms with Crippen molar-refractivity contribution in [3.63, 3.8) is 0 Å². The van der Waals surface area contributed by atoms with E-state index in [1.165, 1.54) is 6.07 Å². The van der Waals surface area contributed by atoms with Crippen LogP contribution in [0.15, 0.2) is 18.2 Å². The second-order valence-electron chi connectivity index (χ2n) is 4.17. The fraction of sp³-hybridized carbons (Fsp3) is 0.364. The van der Waals surface area contributed by atoms with Crippen molar-refractivity contribution in [2.75, 3.05) is 0 Å². The molecule has 1 aliphatic rings. The first-order valence-electron chi connectivity index (χ1n) is 5.50. The second-order valence-corrected chi connectivity index (χ2v) is 4.17. The van der Waals surface area contributed by atoms with Crippen molar-refractivity contribution in [2.24, 2.45) is 0 Å². The lowest BCUT2D eigenvalue weighted by Crippen LogP contribution is -2.26. The van der Waals surface area contributed by atoms with Gasteiger partial charge in [-0.25, -0.2) is 0 Å². The number of amides is 1. The second kappa shape index (κ2) is 4.77. The van der Waals surface area contributed by atoms with Crippen molar-refractivity contribution in [3.8, 4) is 5.75 Å². The molecule has 1 fully saturated rings. The van der Waals surface area contributed by atoms with Crippen molar-refractivity contribution in [3.05, 3.63) is 29.3 Å². The molecule has 1 aromatic rings. The molecule has 0 spiro atoms. The Kier molecular flexibility index (Phi) is 3.35. The third kappa shape index (κ3) is 3.21. The summed E-state index contributed by atoms with van der Waals surface area (Å²) in [7, 11) is -1.85. The Balaban J connectivity index is 2.09. The number of hydrogen-bond donors (Lipinski definition) is 3. The van der Waals surface area contributed by atoms with E-state index in [1.54, 1.807) is 19.1 Å². The van der Waals surface area contributed by atoms with Gasteiger partial charge in [-0.1, -0.05) is 0 Å². The first-order valence-corrected chi connectivity index (χ1v) is 5.50. The number of rotatable bonds is 4. The molecule has 6 heteroatoms. The highest BCUT2D eigenvalue weighted by atomic mass is 16.6. The van der Waals surface area contributed by atoms with E-state index in [4.69, 9.17) is 14.7 Å². The van der Waals surface area contributed by atoms with Crippen LogP contribution in [0.4, 0.5) is 0 Å². The van der Waals surface area contributed by atoms with E-state index in [2.05, 4.69) is 5.32 Å². The number of carbonyl (C=O) groups is 1. The van der Waals surface area contributed by atoms with E-state index < -0.39 is 7.32 Å². The van der Waals surface area contributed by atoms with Crippen molar-refractivity contribution in [1.29, 1.82) is 0 Å². The monoisotopic (exact) mass is 235 g/mol. The van der Waals surface area contributed by atoms with Crippen LogP contribution >= 0.6 is 0 Å². The molecule has 1 saturated carbocycles. The number of benzene rings is 1. The van der Waals surface area contributed by atoms with Gasteiger partial charge in [-0.3, -0.25) is 4.79 Å². The van der Waals surface area contributed by atoms with Gasteiger partial charge < -0.3 is 20.0 Å². The Hall–Kier alpha value is -1.53. The Labute approximate surface area is 99.6 Å². The molecule has 0 aliphatic heterocycles. The van der Waals surface area contributed by atoms with Gasteiger partial charge in [-0.2, -0.15) is 0 Å². The molecule has 1 aliphatic carbocycles. The minimum atomic E-state index is -1.85. The van der Waals surface area contributed by atoms with Gasteiger partial charge in [0, 0.05) is 11.6 Å². The molecule has 1 amide bonds. The standard InChI is InChI=1S/C11H14BNO4/c1-7-6-9(17-12(15)16)4-5-10(7)11(14)13-8-2-3-8/h4-6,8,15-16H,2-3H2,1H3,(H,13,14). The SMILES string of the molecule is Cc1cc(OB(O)O)ccc1C(=O)NC1CC1. The molecular formula is C11H14BNO4. The maximum Gasteiger partial charge on any atom is 0.707 e. The predicted octanol–water partition coefficient (Wildman–Crippen LogP) is 0.236. The summed E-state index contributed by atoms with van der Waals surface area (Å²) in [6.07, 6.45) is 2.09. The molecule has 0 bridgehead atoms. The normalized spacial score (nSPS) is 14.3. The summed E-state index contributed by atoms with van der Waals surface area (Å²) in [5.74, 6) is 0.224. The Morgan fingerprint density at radius 3 is 2.71 bits per heavy atom. The number of nitrogens with one attached hydrogen (secondary N) is 1. The Morgan fingerprint density at radius 1 is 1.47 bits per heavy atom. The smallest absolute Gasteiger partial charge is 0.512 e. The molecule has 0 atom stereocenters. The molecule has 5 nitrogen and oxygen atoms in total. The predicted molar refractivity (Wildman–Crippen MR) is 62.5 cm³/mol. The number of hydrogen-bond acceptors (Lipinski definition) is 4. The van der Waals surface area contributed by atoms with Crippen molar-refractivity contribution >= 4 is 13.2 Å². The highest BCUT2D eigenvalue weighted by Crippen LogP contribution is 2.21. The summed E-state index contributed by atoms with van der Waals surface area (Å²) in [6.45, 7) is 1.78. The van der Waals surface area contributed by atoms with E-state index in [-0.39, 0.29) is 5.91 Å². The average Bonchev–Trinajstić information content (AvgIpc) is 3.00. The summed E-state index contributed by atoms with van der Waals surface area (Å²) in [5, 5.41) is 20.2. The van der Waals surface area contributed by atoms with Crippen LogP contribution in [0.1, 0.15) is 28.8 Å². The average molecular weight is 235 g/mol. The summed E-state index contributed by atoms with van der Waals surface area (Å²) < 4.78 is 4.70. The molecule has 1 aromatic carbocycles. The molecular weight excluding hydrogens is 221 g/mol. The summed E-state index contributed by atoms with van der Waals surface area (Å²) in [6, 6.07) is 5.07. The zero-order valence-electron chi connectivity index (χ0n) is 9.51. The van der Waals surface area contributed by atoms with Gasteiger partial charge in [0.15, 0.2) is 0 Å². The molecule has 2 rings (SSSR count). The van der Waals surface area contributed by atoms with Crippen LogP contribution in [0.25, 0.3) is 0 Å². The first-order chi connectivity index (χ1) is 8.06. The molecule has 3 N–H and O–H groups in total. The van der Waals surface area contributed by atoms with E-state index in [9.17, 15) is 4.79 Å². The van der Waals surface area contributed by atoms with Gasteiger partial charge in [0.1, 0.15) is 5.75 Å². The van der Waals surface area contributed by atoms with E-state index in [1.807, 2.05) is 0 Å². The van der Waals surface area contributed by atoms with Gasteiger partial charge in [-0.15, -0.1) is 0 Å². The van der Waals surface area contributed by atoms with Gasteiger partial charge in [0.25, 0.3) is 5.91 Å². The van der Waals surface area contributed by atoms with Crippen LogP contribution in [0.5, 0.6) is 5.75 Å². The van der Waals surface area contributed by atoms with E-state index in [0.29, 0.717) is 17.4 Å². The lowest BCUT2D eigenvalue weighted by atomic mass is 10.1. The van der Waals surface area contributed by atoms with Crippen molar-refractivity contribution < 1.29 is 19.5 Å². The Morgan fingerprint density at radius 2 is 2.18 bits per heavy atom. The summed E-state index contributed by atoms with van der Waals surface area (Å²) in [5.41, 5.74) is 1.32. The third-order valence-electron chi connectivity index (χ3n) is 2.60. The van der Waals surface area contributed by atoms with Crippen molar-refractivity contribution in [2.45, 2.75) is 25.8 Å². The molecule has 0 heterocycles. The van der Waals surface area contributed by atoms with Crippen LogP contribution in [0, 0.1) is 6.92 Å². The zero-order valence-corrected chi connectivity index (χ0v) is 9.51. The number of aryl methyl sites for hydroxylation is 1. The minimum absolute atomic E-state index is 0.0962. The van der Waals surface area contributed by atoms with E-state index in [0.717, 1.165) is 18.4 Å². The van der Waals surface area contributed by atoms with Crippen LogP contribution in [0.3, 0.4) is 0 Å². The fourth-order valence-corrected chi connectivity index (χ4v) is 1.58. The zero-order chi connectivity index (χ0) is 12.4. The summed E-state index contributed by atoms with van der Waals surface area (Å²) >= 11 is 0. The van der Waals surface area contributed by atoms with Crippen LogP contribution in [0.2, 0.25) is 0 Å². The lowest BCUT2D eigenvalue weighted by Gasteiger charge is -2.09. The molecule has 0 unspecified atom stereocenters. The fourth-order valence-electron chi connectivity index (χ4n) is 1.58. The molecule has 0 aromatic heterocycles.